The van der Waals surface area contributed by atoms with E-state index in [1.807, 2.05) is 0 Å². The van der Waals surface area contributed by atoms with Crippen LogP contribution in [0.4, 0.5) is 0 Å². The van der Waals surface area contributed by atoms with Crippen molar-refractivity contribution in [1.29, 1.82) is 0 Å². The SMILES string of the molecule is CCCCC/C=C/C(C)(C)ON1C(C)(C)CCCC1(C)C. The number of unbranched alkanes of at least 4 members (excludes halogenated alkanes) is 3. The summed E-state index contributed by atoms with van der Waals surface area (Å²) >= 11 is 0. The minimum atomic E-state index is -0.238. The highest BCUT2D eigenvalue weighted by atomic mass is 16.7. The largest absolute Gasteiger partial charge is 0.288 e. The molecule has 1 aliphatic heterocycles. The Kier molecular flexibility index (Phi) is 6.49. The Hall–Kier alpha value is -0.340. The fourth-order valence-electron chi connectivity index (χ4n) is 3.37. The predicted molar refractivity (Wildman–Crippen MR) is 92.3 cm³/mol. The molecular formula is C19H37NO. The zero-order valence-electron chi connectivity index (χ0n) is 15.5. The molecule has 1 aliphatic rings. The molecule has 2 nitrogen and oxygen atoms in total. The Morgan fingerprint density at radius 1 is 1.05 bits per heavy atom. The minimum Gasteiger partial charge on any atom is -0.288 e. The van der Waals surface area contributed by atoms with Gasteiger partial charge in [0.1, 0.15) is 5.60 Å². The molecule has 0 amide bonds. The van der Waals surface area contributed by atoms with E-state index in [2.05, 4.69) is 65.7 Å². The quantitative estimate of drug-likeness (QED) is 0.430. The first-order chi connectivity index (χ1) is 9.61. The highest BCUT2D eigenvalue weighted by molar-refractivity contribution is 4.99. The second-order valence-electron chi connectivity index (χ2n) is 8.37. The number of allylic oxidation sites excluding steroid dienone is 1. The maximum atomic E-state index is 6.46. The van der Waals surface area contributed by atoms with E-state index in [0.29, 0.717) is 0 Å². The molecule has 1 saturated heterocycles. The summed E-state index contributed by atoms with van der Waals surface area (Å²) in [6, 6.07) is 0. The van der Waals surface area contributed by atoms with Gasteiger partial charge in [0.05, 0.1) is 0 Å². The Bertz CT molecular complexity index is 325. The lowest BCUT2D eigenvalue weighted by Crippen LogP contribution is -2.60. The van der Waals surface area contributed by atoms with Gasteiger partial charge in [-0.2, -0.15) is 5.06 Å². The zero-order valence-corrected chi connectivity index (χ0v) is 15.5. The first-order valence-corrected chi connectivity index (χ1v) is 8.78. The molecule has 124 valence electrons. The summed E-state index contributed by atoms with van der Waals surface area (Å²) in [5.74, 6) is 0. The normalized spacial score (nSPS) is 22.8. The average molecular weight is 296 g/mol. The van der Waals surface area contributed by atoms with Crippen LogP contribution in [-0.2, 0) is 4.84 Å². The van der Waals surface area contributed by atoms with E-state index in [1.54, 1.807) is 0 Å². The molecule has 0 atom stereocenters. The molecule has 1 fully saturated rings. The Morgan fingerprint density at radius 3 is 2.14 bits per heavy atom. The summed E-state index contributed by atoms with van der Waals surface area (Å²) in [5.41, 5.74) is -0.0256. The van der Waals surface area contributed by atoms with Crippen molar-refractivity contribution in [3.8, 4) is 0 Å². The summed E-state index contributed by atoms with van der Waals surface area (Å²) in [6.07, 6.45) is 13.3. The van der Waals surface area contributed by atoms with Gasteiger partial charge in [-0.15, -0.1) is 0 Å². The van der Waals surface area contributed by atoms with Crippen molar-refractivity contribution in [2.24, 2.45) is 0 Å². The molecule has 0 radical (unpaired) electrons. The molecule has 2 heteroatoms. The van der Waals surface area contributed by atoms with Gasteiger partial charge < -0.3 is 0 Å². The van der Waals surface area contributed by atoms with Gasteiger partial charge in [0, 0.05) is 11.1 Å². The van der Waals surface area contributed by atoms with Crippen LogP contribution in [-0.4, -0.2) is 21.7 Å². The van der Waals surface area contributed by atoms with Crippen LogP contribution in [0.2, 0.25) is 0 Å². The van der Waals surface area contributed by atoms with Crippen LogP contribution < -0.4 is 0 Å². The molecule has 21 heavy (non-hydrogen) atoms. The minimum absolute atomic E-state index is 0.106. The molecule has 0 aliphatic carbocycles. The molecule has 1 rings (SSSR count). The van der Waals surface area contributed by atoms with Crippen LogP contribution >= 0.6 is 0 Å². The lowest BCUT2D eigenvalue weighted by molar-refractivity contribution is -0.317. The molecule has 0 N–H and O–H groups in total. The molecule has 1 heterocycles. The van der Waals surface area contributed by atoms with Crippen molar-refractivity contribution in [2.75, 3.05) is 0 Å². The van der Waals surface area contributed by atoms with Crippen molar-refractivity contribution in [3.63, 3.8) is 0 Å². The first kappa shape index (κ1) is 18.7. The van der Waals surface area contributed by atoms with E-state index in [0.717, 1.165) is 6.42 Å². The van der Waals surface area contributed by atoms with Gasteiger partial charge in [-0.1, -0.05) is 31.9 Å². The van der Waals surface area contributed by atoms with Crippen LogP contribution in [0.15, 0.2) is 12.2 Å². The summed E-state index contributed by atoms with van der Waals surface area (Å²) in [6.45, 7) is 15.8. The van der Waals surface area contributed by atoms with Crippen molar-refractivity contribution >= 4 is 0 Å². The summed E-state index contributed by atoms with van der Waals surface area (Å²) in [7, 11) is 0. The molecule has 0 aromatic rings. The molecule has 0 saturated carbocycles. The number of hydroxylamine groups is 2. The van der Waals surface area contributed by atoms with Gasteiger partial charge in [-0.25, -0.2) is 0 Å². The third-order valence-corrected chi connectivity index (χ3v) is 4.50. The van der Waals surface area contributed by atoms with Crippen LogP contribution in [0, 0.1) is 0 Å². The van der Waals surface area contributed by atoms with Crippen LogP contribution in [0.3, 0.4) is 0 Å². The van der Waals surface area contributed by atoms with Crippen molar-refractivity contribution < 1.29 is 4.84 Å². The maximum Gasteiger partial charge on any atom is 0.102 e. The van der Waals surface area contributed by atoms with Crippen LogP contribution in [0.1, 0.15) is 93.4 Å². The third kappa shape index (κ3) is 5.75. The van der Waals surface area contributed by atoms with E-state index >= 15 is 0 Å². The molecule has 0 bridgehead atoms. The number of hydrogen-bond donors (Lipinski definition) is 0. The predicted octanol–water partition coefficient (Wildman–Crippen LogP) is 5.88. The maximum absolute atomic E-state index is 6.46. The van der Waals surface area contributed by atoms with Gasteiger partial charge in [0.15, 0.2) is 0 Å². The van der Waals surface area contributed by atoms with E-state index < -0.39 is 0 Å². The second kappa shape index (κ2) is 7.28. The first-order valence-electron chi connectivity index (χ1n) is 8.78. The van der Waals surface area contributed by atoms with E-state index in [-0.39, 0.29) is 16.7 Å². The van der Waals surface area contributed by atoms with Gasteiger partial charge >= 0.3 is 0 Å². The summed E-state index contributed by atoms with van der Waals surface area (Å²) in [5, 5.41) is 2.26. The average Bonchev–Trinajstić information content (AvgIpc) is 2.33. The summed E-state index contributed by atoms with van der Waals surface area (Å²) in [4.78, 5) is 6.46. The molecule has 0 unspecified atom stereocenters. The van der Waals surface area contributed by atoms with Gasteiger partial charge in [0.2, 0.25) is 0 Å². The monoisotopic (exact) mass is 295 g/mol. The van der Waals surface area contributed by atoms with E-state index in [1.165, 1.54) is 38.5 Å². The lowest BCUT2D eigenvalue weighted by atomic mass is 9.82. The highest BCUT2D eigenvalue weighted by Crippen LogP contribution is 2.40. The summed E-state index contributed by atoms with van der Waals surface area (Å²) < 4.78 is 0. The number of rotatable bonds is 7. The number of piperidine rings is 1. The molecule has 0 aromatic carbocycles. The second-order valence-corrected chi connectivity index (χ2v) is 8.37. The standard InChI is InChI=1S/C19H37NO/c1-8-9-10-11-12-16-19(6,7)21-20-17(2,3)14-13-15-18(20,4)5/h12,16H,8-11,13-15H2,1-7H3/b16-12+. The van der Waals surface area contributed by atoms with Crippen molar-refractivity contribution in [1.82, 2.24) is 5.06 Å². The zero-order chi connectivity index (χ0) is 16.1. The van der Waals surface area contributed by atoms with Crippen LogP contribution in [0.5, 0.6) is 0 Å². The fraction of sp³-hybridized carbons (Fsp3) is 0.895. The smallest absolute Gasteiger partial charge is 0.102 e. The fourth-order valence-corrected chi connectivity index (χ4v) is 3.37. The Morgan fingerprint density at radius 2 is 1.62 bits per heavy atom. The van der Waals surface area contributed by atoms with Gasteiger partial charge in [-0.3, -0.25) is 4.84 Å². The molecular weight excluding hydrogens is 258 g/mol. The number of nitrogens with zero attached hydrogens (tertiary/aromatic N) is 1. The van der Waals surface area contributed by atoms with Gasteiger partial charge in [-0.05, 0) is 73.6 Å². The highest BCUT2D eigenvalue weighted by Gasteiger charge is 2.44. The lowest BCUT2D eigenvalue weighted by Gasteiger charge is -2.53. The number of hydrogen-bond acceptors (Lipinski definition) is 2. The van der Waals surface area contributed by atoms with Gasteiger partial charge in [0.25, 0.3) is 0 Å². The third-order valence-electron chi connectivity index (χ3n) is 4.50. The van der Waals surface area contributed by atoms with E-state index in [9.17, 15) is 0 Å². The molecule has 0 aromatic heterocycles. The van der Waals surface area contributed by atoms with Crippen molar-refractivity contribution in [2.45, 2.75) is 110 Å². The topological polar surface area (TPSA) is 12.5 Å². The van der Waals surface area contributed by atoms with Crippen LogP contribution in [0.25, 0.3) is 0 Å². The molecule has 0 spiro atoms. The van der Waals surface area contributed by atoms with E-state index in [4.69, 9.17) is 4.84 Å². The Labute approximate surface area is 132 Å². The van der Waals surface area contributed by atoms with Crippen molar-refractivity contribution in [3.05, 3.63) is 12.2 Å². The Balaban J connectivity index is 2.67.